The topological polar surface area (TPSA) is 20.9 Å². The Morgan fingerprint density at radius 2 is 1.67 bits per heavy atom. The first-order chi connectivity index (χ1) is 8.15. The molecule has 1 aromatic carbocycles. The Hall–Kier alpha value is -1.000. The molecule has 0 aliphatic heterocycles. The highest BCUT2D eigenvalue weighted by Crippen LogP contribution is 2.10. The molecule has 2 aromatic rings. The maximum absolute atomic E-state index is 12.0. The van der Waals surface area contributed by atoms with Crippen LogP contribution in [0.3, 0.4) is 0 Å². The minimum atomic E-state index is 0. The number of carbonyl (C=O) groups is 1. The number of hydrogen-bond donors (Lipinski definition) is 0. The summed E-state index contributed by atoms with van der Waals surface area (Å²) >= 11 is 3.35. The minimum absolute atomic E-state index is 0. The summed E-state index contributed by atoms with van der Waals surface area (Å²) in [4.78, 5) is 12.0. The van der Waals surface area contributed by atoms with Crippen molar-refractivity contribution in [1.29, 1.82) is 0 Å². The molecule has 0 fully saturated rings. The zero-order valence-electron chi connectivity index (χ0n) is 9.94. The first-order valence-electron chi connectivity index (χ1n) is 5.39. The highest BCUT2D eigenvalue weighted by molar-refractivity contribution is 9.10. The predicted octanol–water partition coefficient (Wildman–Crippen LogP) is -0.0681. The molecule has 2 nitrogen and oxygen atoms in total. The van der Waals surface area contributed by atoms with Gasteiger partial charge in [-0.2, -0.15) is 4.57 Å². The van der Waals surface area contributed by atoms with Crippen molar-refractivity contribution in [3.05, 3.63) is 64.4 Å². The van der Waals surface area contributed by atoms with Crippen LogP contribution in [0.25, 0.3) is 0 Å². The summed E-state index contributed by atoms with van der Waals surface area (Å²) < 4.78 is 2.87. The number of pyridine rings is 1. The zero-order valence-corrected chi connectivity index (χ0v) is 13.1. The van der Waals surface area contributed by atoms with E-state index in [9.17, 15) is 4.79 Å². The highest BCUT2D eigenvalue weighted by Gasteiger charge is 2.11. The van der Waals surface area contributed by atoms with Crippen molar-refractivity contribution in [2.24, 2.45) is 0 Å². The van der Waals surface area contributed by atoms with Crippen LogP contribution in [-0.4, -0.2) is 5.78 Å². The third kappa shape index (κ3) is 4.03. The Balaban J connectivity index is 0.00000162. The SMILES string of the molecule is Cc1cc[n+](CC(=O)c2ccc(Br)cc2)cc1.[Br-]. The van der Waals surface area contributed by atoms with Gasteiger partial charge in [0.25, 0.3) is 0 Å². The first kappa shape index (κ1) is 15.1. The van der Waals surface area contributed by atoms with Crippen molar-refractivity contribution < 1.29 is 26.3 Å². The van der Waals surface area contributed by atoms with Gasteiger partial charge in [-0.3, -0.25) is 4.79 Å². The van der Waals surface area contributed by atoms with Crippen LogP contribution in [0.1, 0.15) is 15.9 Å². The largest absolute Gasteiger partial charge is 1.00 e. The van der Waals surface area contributed by atoms with Crippen molar-refractivity contribution in [3.63, 3.8) is 0 Å². The molecule has 0 aliphatic carbocycles. The summed E-state index contributed by atoms with van der Waals surface area (Å²) in [7, 11) is 0. The zero-order chi connectivity index (χ0) is 12.3. The normalized spacial score (nSPS) is 9.67. The molecule has 0 N–H and O–H groups in total. The quantitative estimate of drug-likeness (QED) is 0.547. The molecule has 18 heavy (non-hydrogen) atoms. The number of halogens is 2. The van der Waals surface area contributed by atoms with Gasteiger partial charge < -0.3 is 17.0 Å². The maximum atomic E-state index is 12.0. The molecule has 0 radical (unpaired) electrons. The fourth-order valence-electron chi connectivity index (χ4n) is 1.53. The summed E-state index contributed by atoms with van der Waals surface area (Å²) in [6.07, 6.45) is 3.85. The molecule has 4 heteroatoms. The number of carbonyl (C=O) groups excluding carboxylic acids is 1. The molecule has 1 aromatic heterocycles. The molecule has 94 valence electrons. The summed E-state index contributed by atoms with van der Waals surface area (Å²) in [5.41, 5.74) is 1.93. The lowest BCUT2D eigenvalue weighted by atomic mass is 10.1. The minimum Gasteiger partial charge on any atom is -1.00 e. The average Bonchev–Trinajstić information content (AvgIpc) is 2.33. The summed E-state index contributed by atoms with van der Waals surface area (Å²) in [5.74, 6) is 0.117. The van der Waals surface area contributed by atoms with Crippen molar-refractivity contribution in [1.82, 2.24) is 0 Å². The molecule has 0 amide bonds. The summed E-state index contributed by atoms with van der Waals surface area (Å²) in [5, 5.41) is 0. The Bertz CT molecular complexity index is 520. The van der Waals surface area contributed by atoms with Gasteiger partial charge in [-0.25, -0.2) is 0 Å². The van der Waals surface area contributed by atoms with Crippen molar-refractivity contribution >= 4 is 21.7 Å². The van der Waals surface area contributed by atoms with E-state index >= 15 is 0 Å². The van der Waals surface area contributed by atoms with Gasteiger partial charge in [-0.1, -0.05) is 28.1 Å². The molecule has 0 saturated carbocycles. The molecule has 0 bridgehead atoms. The van der Waals surface area contributed by atoms with E-state index in [0.29, 0.717) is 6.54 Å². The van der Waals surface area contributed by atoms with Gasteiger partial charge in [0.05, 0.1) is 0 Å². The molecular formula is C14H13Br2NO. The Labute approximate surface area is 126 Å². The number of benzene rings is 1. The lowest BCUT2D eigenvalue weighted by molar-refractivity contribution is -0.683. The van der Waals surface area contributed by atoms with E-state index in [2.05, 4.69) is 15.9 Å². The smallest absolute Gasteiger partial charge is 0.227 e. The standard InChI is InChI=1S/C14H13BrNO.BrH/c1-11-6-8-16(9-7-11)10-14(17)12-2-4-13(15)5-3-12;/h2-9H,10H2,1H3;1H/q+1;/p-1. The van der Waals surface area contributed by atoms with Crippen molar-refractivity contribution in [3.8, 4) is 0 Å². The molecule has 0 aliphatic rings. The average molecular weight is 371 g/mol. The van der Waals surface area contributed by atoms with E-state index in [4.69, 9.17) is 0 Å². The number of nitrogens with zero attached hydrogens (tertiary/aromatic N) is 1. The summed E-state index contributed by atoms with van der Waals surface area (Å²) in [6.45, 7) is 2.41. The van der Waals surface area contributed by atoms with Crippen LogP contribution in [0.5, 0.6) is 0 Å². The van der Waals surface area contributed by atoms with Crippen LogP contribution in [0.2, 0.25) is 0 Å². The molecular weight excluding hydrogens is 358 g/mol. The molecule has 0 unspecified atom stereocenters. The van der Waals surface area contributed by atoms with E-state index in [1.807, 2.05) is 60.3 Å². The molecule has 0 atom stereocenters. The first-order valence-corrected chi connectivity index (χ1v) is 6.19. The lowest BCUT2D eigenvalue weighted by Gasteiger charge is -1.99. The van der Waals surface area contributed by atoms with Gasteiger partial charge in [0, 0.05) is 22.2 Å². The van der Waals surface area contributed by atoms with Crippen LogP contribution in [0.15, 0.2) is 53.3 Å². The van der Waals surface area contributed by atoms with E-state index in [-0.39, 0.29) is 22.8 Å². The Kier molecular flexibility index (Phi) is 5.69. The van der Waals surface area contributed by atoms with E-state index in [1.54, 1.807) is 0 Å². The Morgan fingerprint density at radius 1 is 1.11 bits per heavy atom. The van der Waals surface area contributed by atoms with Crippen LogP contribution in [0, 0.1) is 6.92 Å². The van der Waals surface area contributed by atoms with Gasteiger partial charge >= 0.3 is 0 Å². The maximum Gasteiger partial charge on any atom is 0.227 e. The van der Waals surface area contributed by atoms with Crippen molar-refractivity contribution in [2.45, 2.75) is 13.5 Å². The lowest BCUT2D eigenvalue weighted by Crippen LogP contribution is -3.00. The fraction of sp³-hybridized carbons (Fsp3) is 0.143. The number of rotatable bonds is 3. The number of ketones is 1. The molecule has 1 heterocycles. The third-order valence-electron chi connectivity index (χ3n) is 2.55. The van der Waals surface area contributed by atoms with Gasteiger partial charge in [0.1, 0.15) is 0 Å². The predicted molar refractivity (Wildman–Crippen MR) is 69.8 cm³/mol. The second-order valence-electron chi connectivity index (χ2n) is 3.98. The third-order valence-corrected chi connectivity index (χ3v) is 3.08. The number of aryl methyl sites for hydroxylation is 1. The number of aromatic nitrogens is 1. The van der Waals surface area contributed by atoms with Crippen LogP contribution >= 0.6 is 15.9 Å². The van der Waals surface area contributed by atoms with E-state index in [0.717, 1.165) is 10.0 Å². The van der Waals surface area contributed by atoms with Crippen LogP contribution in [0.4, 0.5) is 0 Å². The molecule has 0 saturated heterocycles. The summed E-state index contributed by atoms with van der Waals surface area (Å²) in [6, 6.07) is 11.4. The number of Topliss-reactive ketones (excluding diaryl/α,β-unsaturated/α-hetero) is 1. The second kappa shape index (κ2) is 6.81. The van der Waals surface area contributed by atoms with E-state index in [1.165, 1.54) is 5.56 Å². The molecule has 2 rings (SSSR count). The highest BCUT2D eigenvalue weighted by atomic mass is 79.9. The fourth-order valence-corrected chi connectivity index (χ4v) is 1.79. The van der Waals surface area contributed by atoms with Gasteiger partial charge in [-0.15, -0.1) is 0 Å². The van der Waals surface area contributed by atoms with Gasteiger partial charge in [0.2, 0.25) is 12.3 Å². The number of hydrogen-bond acceptors (Lipinski definition) is 1. The van der Waals surface area contributed by atoms with Crippen LogP contribution in [-0.2, 0) is 6.54 Å². The van der Waals surface area contributed by atoms with Gasteiger partial charge in [0.15, 0.2) is 12.4 Å². The van der Waals surface area contributed by atoms with Crippen molar-refractivity contribution in [2.75, 3.05) is 0 Å². The van der Waals surface area contributed by atoms with Crippen LogP contribution < -0.4 is 21.5 Å². The second-order valence-corrected chi connectivity index (χ2v) is 4.89. The van der Waals surface area contributed by atoms with Gasteiger partial charge in [-0.05, 0) is 24.6 Å². The Morgan fingerprint density at radius 3 is 2.22 bits per heavy atom. The molecule has 0 spiro atoms. The monoisotopic (exact) mass is 369 g/mol. The van der Waals surface area contributed by atoms with E-state index < -0.39 is 0 Å².